The molecule has 0 bridgehead atoms. The zero-order valence-corrected chi connectivity index (χ0v) is 13.4. The van der Waals surface area contributed by atoms with Crippen LogP contribution in [-0.2, 0) is 4.74 Å². The molecule has 0 fully saturated rings. The summed E-state index contributed by atoms with van der Waals surface area (Å²) in [6.07, 6.45) is 1.37. The zero-order valence-electron chi connectivity index (χ0n) is 12.6. The molecule has 0 aliphatic carbocycles. The average molecular weight is 330 g/mol. The second kappa shape index (κ2) is 6.21. The van der Waals surface area contributed by atoms with Crippen LogP contribution in [0, 0.1) is 0 Å². The standard InChI is InChI=1S/C16H14N2O4S/c1-3-22-16(20)11-8-17-15-12(14(11)19)13(18-23-15)9-4-6-10(21-2)7-5-9/h4-8H,3H2,1-2H3,(H,17,19). The average Bonchev–Trinajstić information content (AvgIpc) is 3.00. The number of carbonyl (C=O) groups is 1. The summed E-state index contributed by atoms with van der Waals surface area (Å²) in [5.41, 5.74) is 0.926. The number of ether oxygens (including phenoxy) is 2. The minimum atomic E-state index is -0.637. The lowest BCUT2D eigenvalue weighted by atomic mass is 10.1. The lowest BCUT2D eigenvalue weighted by Gasteiger charge is -2.03. The Bertz CT molecular complexity index is 912. The zero-order chi connectivity index (χ0) is 16.4. The van der Waals surface area contributed by atoms with E-state index in [9.17, 15) is 9.59 Å². The predicted molar refractivity (Wildman–Crippen MR) is 88.2 cm³/mol. The van der Waals surface area contributed by atoms with Gasteiger partial charge in [0.1, 0.15) is 16.1 Å². The maximum absolute atomic E-state index is 12.6. The van der Waals surface area contributed by atoms with Crippen molar-refractivity contribution in [3.05, 3.63) is 46.2 Å². The molecule has 3 rings (SSSR count). The molecule has 6 nitrogen and oxygen atoms in total. The third-order valence-electron chi connectivity index (χ3n) is 3.37. The van der Waals surface area contributed by atoms with Crippen molar-refractivity contribution in [2.45, 2.75) is 6.92 Å². The number of methoxy groups -OCH3 is 1. The molecule has 2 heterocycles. The molecule has 0 saturated carbocycles. The molecule has 0 unspecified atom stereocenters. The first-order valence-corrected chi connectivity index (χ1v) is 7.75. The van der Waals surface area contributed by atoms with Crippen molar-refractivity contribution in [3.63, 3.8) is 0 Å². The second-order valence-electron chi connectivity index (χ2n) is 4.72. The van der Waals surface area contributed by atoms with Gasteiger partial charge in [0.15, 0.2) is 0 Å². The molecular weight excluding hydrogens is 316 g/mol. The van der Waals surface area contributed by atoms with Gasteiger partial charge in [-0.2, -0.15) is 4.37 Å². The normalized spacial score (nSPS) is 10.7. The Morgan fingerprint density at radius 1 is 1.30 bits per heavy atom. The van der Waals surface area contributed by atoms with E-state index in [1.807, 2.05) is 12.1 Å². The maximum atomic E-state index is 12.6. The van der Waals surface area contributed by atoms with Crippen molar-refractivity contribution in [1.29, 1.82) is 0 Å². The summed E-state index contributed by atoms with van der Waals surface area (Å²) >= 11 is 1.18. The molecule has 7 heteroatoms. The molecule has 3 aromatic rings. The number of pyridine rings is 1. The predicted octanol–water partition coefficient (Wildman–Crippen LogP) is 2.84. The Balaban J connectivity index is 2.16. The number of H-pyrrole nitrogens is 1. The van der Waals surface area contributed by atoms with Crippen LogP contribution < -0.4 is 10.2 Å². The van der Waals surface area contributed by atoms with Gasteiger partial charge in [-0.05, 0) is 42.7 Å². The Kier molecular flexibility index (Phi) is 4.12. The van der Waals surface area contributed by atoms with Gasteiger partial charge >= 0.3 is 5.97 Å². The van der Waals surface area contributed by atoms with Crippen molar-refractivity contribution in [2.24, 2.45) is 0 Å². The van der Waals surface area contributed by atoms with E-state index >= 15 is 0 Å². The Morgan fingerprint density at radius 2 is 2.04 bits per heavy atom. The molecule has 0 atom stereocenters. The van der Waals surface area contributed by atoms with Crippen LogP contribution in [0.15, 0.2) is 35.3 Å². The number of benzene rings is 1. The molecule has 2 aromatic heterocycles. The highest BCUT2D eigenvalue weighted by atomic mass is 32.1. The third-order valence-corrected chi connectivity index (χ3v) is 4.15. The van der Waals surface area contributed by atoms with E-state index in [1.54, 1.807) is 26.2 Å². The topological polar surface area (TPSA) is 81.3 Å². The van der Waals surface area contributed by atoms with E-state index in [4.69, 9.17) is 9.47 Å². The number of nitrogens with zero attached hydrogens (tertiary/aromatic N) is 1. The summed E-state index contributed by atoms with van der Waals surface area (Å²) in [5.74, 6) is 0.0805. The Hall–Kier alpha value is -2.67. The summed E-state index contributed by atoms with van der Waals surface area (Å²) in [4.78, 5) is 28.1. The van der Waals surface area contributed by atoms with Crippen LogP contribution in [0.5, 0.6) is 5.75 Å². The first-order chi connectivity index (χ1) is 11.2. The third kappa shape index (κ3) is 2.70. The van der Waals surface area contributed by atoms with Crippen LogP contribution >= 0.6 is 11.5 Å². The van der Waals surface area contributed by atoms with Crippen molar-refractivity contribution in [2.75, 3.05) is 13.7 Å². The van der Waals surface area contributed by atoms with Crippen LogP contribution in [0.4, 0.5) is 0 Å². The monoisotopic (exact) mass is 330 g/mol. The lowest BCUT2D eigenvalue weighted by molar-refractivity contribution is 0.0524. The van der Waals surface area contributed by atoms with E-state index in [-0.39, 0.29) is 17.6 Å². The number of esters is 1. The fourth-order valence-corrected chi connectivity index (χ4v) is 3.02. The molecule has 0 saturated heterocycles. The number of aromatic amines is 1. The number of fused-ring (bicyclic) bond motifs is 1. The SMILES string of the molecule is CCOC(=O)c1c[nH]c2snc(-c3ccc(OC)cc3)c2c1=O. The maximum Gasteiger partial charge on any atom is 0.343 e. The Labute approximate surface area is 135 Å². The van der Waals surface area contributed by atoms with Crippen molar-refractivity contribution >= 4 is 27.7 Å². The van der Waals surface area contributed by atoms with Gasteiger partial charge in [0.25, 0.3) is 0 Å². The molecule has 0 radical (unpaired) electrons. The van der Waals surface area contributed by atoms with E-state index < -0.39 is 5.97 Å². The van der Waals surface area contributed by atoms with Crippen LogP contribution in [0.25, 0.3) is 21.5 Å². The highest BCUT2D eigenvalue weighted by molar-refractivity contribution is 7.13. The van der Waals surface area contributed by atoms with Crippen LogP contribution in [0.3, 0.4) is 0 Å². The number of rotatable bonds is 4. The first kappa shape index (κ1) is 15.2. The number of nitrogens with one attached hydrogen (secondary N) is 1. The van der Waals surface area contributed by atoms with E-state index in [1.165, 1.54) is 17.7 Å². The van der Waals surface area contributed by atoms with E-state index in [0.717, 1.165) is 11.3 Å². The number of hydrogen-bond acceptors (Lipinski definition) is 6. The van der Waals surface area contributed by atoms with Gasteiger partial charge < -0.3 is 14.5 Å². The van der Waals surface area contributed by atoms with Crippen LogP contribution in [0.1, 0.15) is 17.3 Å². The van der Waals surface area contributed by atoms with Gasteiger partial charge in [0, 0.05) is 11.8 Å². The largest absolute Gasteiger partial charge is 0.497 e. The number of aromatic nitrogens is 2. The highest BCUT2D eigenvalue weighted by Gasteiger charge is 2.19. The first-order valence-electron chi connectivity index (χ1n) is 6.98. The minimum Gasteiger partial charge on any atom is -0.497 e. The quantitative estimate of drug-likeness (QED) is 0.744. The van der Waals surface area contributed by atoms with Crippen LogP contribution in [-0.4, -0.2) is 29.0 Å². The summed E-state index contributed by atoms with van der Waals surface area (Å²) in [6, 6.07) is 7.24. The summed E-state index contributed by atoms with van der Waals surface area (Å²) < 4.78 is 14.4. The van der Waals surface area contributed by atoms with Gasteiger partial charge in [0.05, 0.1) is 24.8 Å². The molecule has 0 amide bonds. The van der Waals surface area contributed by atoms with Gasteiger partial charge in [-0.25, -0.2) is 4.79 Å². The summed E-state index contributed by atoms with van der Waals surface area (Å²) in [7, 11) is 1.59. The van der Waals surface area contributed by atoms with Crippen molar-refractivity contribution in [1.82, 2.24) is 9.36 Å². The lowest BCUT2D eigenvalue weighted by Crippen LogP contribution is -2.17. The molecule has 0 spiro atoms. The van der Waals surface area contributed by atoms with Gasteiger partial charge in [-0.15, -0.1) is 0 Å². The minimum absolute atomic E-state index is 0.0192. The molecule has 1 aromatic carbocycles. The number of carbonyl (C=O) groups excluding carboxylic acids is 1. The molecular formula is C16H14N2O4S. The van der Waals surface area contributed by atoms with Gasteiger partial charge in [-0.1, -0.05) is 0 Å². The van der Waals surface area contributed by atoms with Crippen molar-refractivity contribution < 1.29 is 14.3 Å². The van der Waals surface area contributed by atoms with Crippen LogP contribution in [0.2, 0.25) is 0 Å². The number of hydrogen-bond donors (Lipinski definition) is 1. The molecule has 0 aliphatic rings. The van der Waals surface area contributed by atoms with Gasteiger partial charge in [0.2, 0.25) is 5.43 Å². The molecule has 23 heavy (non-hydrogen) atoms. The summed E-state index contributed by atoms with van der Waals surface area (Å²) in [5, 5.41) is 0.394. The van der Waals surface area contributed by atoms with Crippen molar-refractivity contribution in [3.8, 4) is 17.0 Å². The highest BCUT2D eigenvalue weighted by Crippen LogP contribution is 2.28. The van der Waals surface area contributed by atoms with E-state index in [2.05, 4.69) is 9.36 Å². The fourth-order valence-electron chi connectivity index (χ4n) is 2.24. The molecule has 0 aliphatic heterocycles. The molecule has 118 valence electrons. The Morgan fingerprint density at radius 3 is 2.70 bits per heavy atom. The molecule has 1 N–H and O–H groups in total. The smallest absolute Gasteiger partial charge is 0.343 e. The van der Waals surface area contributed by atoms with E-state index in [0.29, 0.717) is 15.9 Å². The fraction of sp³-hybridized carbons (Fsp3) is 0.188. The second-order valence-corrected chi connectivity index (χ2v) is 5.49. The van der Waals surface area contributed by atoms with Gasteiger partial charge in [-0.3, -0.25) is 4.79 Å². The summed E-state index contributed by atoms with van der Waals surface area (Å²) in [6.45, 7) is 1.91.